The number of hydrogen-bond donors (Lipinski definition) is 1. The minimum Gasteiger partial charge on any atom is -0.449 e. The van der Waals surface area contributed by atoms with E-state index in [-0.39, 0.29) is 21.8 Å². The van der Waals surface area contributed by atoms with Crippen LogP contribution in [0.4, 0.5) is 5.69 Å². The first-order valence-corrected chi connectivity index (χ1v) is 11.2. The first kappa shape index (κ1) is 21.2. The largest absolute Gasteiger partial charge is 0.449 e. The summed E-state index contributed by atoms with van der Waals surface area (Å²) >= 11 is 0. The number of anilines is 1. The summed E-state index contributed by atoms with van der Waals surface area (Å²) in [6, 6.07) is 22.4. The number of nitriles is 1. The number of benzene rings is 3. The zero-order chi connectivity index (χ0) is 22.9. The second-order valence-electron chi connectivity index (χ2n) is 7.29. The van der Waals surface area contributed by atoms with Crippen LogP contribution >= 0.6 is 0 Å². The van der Waals surface area contributed by atoms with Crippen LogP contribution in [0, 0.1) is 11.3 Å². The van der Waals surface area contributed by atoms with E-state index in [4.69, 9.17) is 4.42 Å². The summed E-state index contributed by atoms with van der Waals surface area (Å²) in [4.78, 5) is 14.5. The van der Waals surface area contributed by atoms with E-state index in [1.165, 1.54) is 12.1 Å². The van der Waals surface area contributed by atoms with E-state index in [0.29, 0.717) is 22.2 Å². The maximum absolute atomic E-state index is 13.1. The Kier molecular flexibility index (Phi) is 5.43. The molecule has 4 aromatic rings. The van der Waals surface area contributed by atoms with Crippen LogP contribution in [0.1, 0.15) is 16.1 Å². The molecule has 4 rings (SSSR count). The Morgan fingerprint density at radius 3 is 2.38 bits per heavy atom. The summed E-state index contributed by atoms with van der Waals surface area (Å²) in [6.45, 7) is 0. The first-order chi connectivity index (χ1) is 15.3. The fraction of sp³-hybridized carbons (Fsp3) is 0.0833. The normalized spacial score (nSPS) is 11.2. The number of carbonyl (C=O) groups excluding carboxylic acids is 1. The monoisotopic (exact) mass is 445 g/mol. The minimum atomic E-state index is -4.19. The molecule has 0 bridgehead atoms. The van der Waals surface area contributed by atoms with E-state index >= 15 is 0 Å². The molecule has 0 aliphatic heterocycles. The van der Waals surface area contributed by atoms with Crippen molar-refractivity contribution >= 4 is 32.6 Å². The van der Waals surface area contributed by atoms with Crippen molar-refractivity contribution in [3.05, 3.63) is 84.1 Å². The van der Waals surface area contributed by atoms with Gasteiger partial charge in [0.15, 0.2) is 11.3 Å². The Bertz CT molecular complexity index is 1470. The number of furan rings is 1. The van der Waals surface area contributed by atoms with Gasteiger partial charge in [-0.2, -0.15) is 5.26 Å². The maximum atomic E-state index is 13.1. The Morgan fingerprint density at radius 2 is 1.69 bits per heavy atom. The van der Waals surface area contributed by atoms with Crippen molar-refractivity contribution in [2.75, 3.05) is 19.0 Å². The van der Waals surface area contributed by atoms with Gasteiger partial charge in [0.25, 0.3) is 10.0 Å². The summed E-state index contributed by atoms with van der Waals surface area (Å²) in [5, 5.41) is 10.1. The van der Waals surface area contributed by atoms with Gasteiger partial charge in [-0.25, -0.2) is 13.1 Å². The SMILES string of the molecule is CN(C)c1ccc2cc(C(=O)NS(=O)(=O)c3ccccc3-c3ccccc3)oc2c1C#N. The molecule has 8 heteroatoms. The lowest BCUT2D eigenvalue weighted by Gasteiger charge is -2.13. The molecule has 160 valence electrons. The number of nitrogens with zero attached hydrogens (tertiary/aromatic N) is 2. The highest BCUT2D eigenvalue weighted by atomic mass is 32.2. The van der Waals surface area contributed by atoms with Gasteiger partial charge in [-0.1, -0.05) is 48.5 Å². The molecule has 3 aromatic carbocycles. The van der Waals surface area contributed by atoms with Crippen LogP contribution in [-0.2, 0) is 10.0 Å². The Morgan fingerprint density at radius 1 is 1.00 bits per heavy atom. The molecule has 0 saturated heterocycles. The highest BCUT2D eigenvalue weighted by Crippen LogP contribution is 2.31. The highest BCUT2D eigenvalue weighted by Gasteiger charge is 2.25. The molecule has 1 amide bonds. The molecular formula is C24H19N3O4S. The van der Waals surface area contributed by atoms with E-state index in [2.05, 4.69) is 10.8 Å². The molecule has 0 unspecified atom stereocenters. The van der Waals surface area contributed by atoms with Crippen molar-refractivity contribution in [3.63, 3.8) is 0 Å². The molecule has 32 heavy (non-hydrogen) atoms. The molecule has 1 heterocycles. The standard InChI is InChI=1S/C24H19N3O4S/c1-27(2)20-13-12-17-14-21(31-23(17)19(20)15-25)24(28)26-32(29,30)22-11-7-6-10-18(22)16-8-4-3-5-9-16/h3-14H,1-2H3,(H,26,28). The Labute approximate surface area is 185 Å². The summed E-state index contributed by atoms with van der Waals surface area (Å²) < 4.78 is 33.8. The zero-order valence-electron chi connectivity index (χ0n) is 17.4. The van der Waals surface area contributed by atoms with Gasteiger partial charge < -0.3 is 9.32 Å². The lowest BCUT2D eigenvalue weighted by Crippen LogP contribution is -2.30. The minimum absolute atomic E-state index is 0.0248. The lowest BCUT2D eigenvalue weighted by atomic mass is 10.1. The smallest absolute Gasteiger partial charge is 0.300 e. The van der Waals surface area contributed by atoms with Gasteiger partial charge in [0, 0.05) is 25.0 Å². The fourth-order valence-electron chi connectivity index (χ4n) is 3.47. The zero-order valence-corrected chi connectivity index (χ0v) is 18.2. The van der Waals surface area contributed by atoms with Crippen molar-refractivity contribution in [1.82, 2.24) is 4.72 Å². The Balaban J connectivity index is 1.71. The molecular weight excluding hydrogens is 426 g/mol. The van der Waals surface area contributed by atoms with Gasteiger partial charge in [0.05, 0.1) is 10.6 Å². The van der Waals surface area contributed by atoms with E-state index < -0.39 is 15.9 Å². The number of rotatable bonds is 5. The van der Waals surface area contributed by atoms with Crippen LogP contribution in [0.15, 0.2) is 82.1 Å². The quantitative estimate of drug-likeness (QED) is 0.495. The van der Waals surface area contributed by atoms with Crippen LogP contribution in [0.2, 0.25) is 0 Å². The highest BCUT2D eigenvalue weighted by molar-refractivity contribution is 7.90. The third-order valence-corrected chi connectivity index (χ3v) is 6.36. The third kappa shape index (κ3) is 3.82. The lowest BCUT2D eigenvalue weighted by molar-refractivity contribution is 0.0956. The number of fused-ring (bicyclic) bond motifs is 1. The van der Waals surface area contributed by atoms with Crippen molar-refractivity contribution < 1.29 is 17.6 Å². The average Bonchev–Trinajstić information content (AvgIpc) is 3.23. The molecule has 7 nitrogen and oxygen atoms in total. The summed E-state index contributed by atoms with van der Waals surface area (Å²) in [5.41, 5.74) is 2.31. The third-order valence-electron chi connectivity index (χ3n) is 4.97. The Hall–Kier alpha value is -4.09. The fourth-order valence-corrected chi connectivity index (χ4v) is 4.66. The average molecular weight is 446 g/mol. The number of sulfonamides is 1. The molecule has 1 aromatic heterocycles. The van der Waals surface area contributed by atoms with E-state index in [1.807, 2.05) is 6.07 Å². The molecule has 1 N–H and O–H groups in total. The number of hydrogen-bond acceptors (Lipinski definition) is 6. The number of amides is 1. The predicted molar refractivity (Wildman–Crippen MR) is 122 cm³/mol. The van der Waals surface area contributed by atoms with Gasteiger partial charge in [0.2, 0.25) is 0 Å². The van der Waals surface area contributed by atoms with E-state index in [9.17, 15) is 18.5 Å². The van der Waals surface area contributed by atoms with Crippen LogP contribution in [-0.4, -0.2) is 28.4 Å². The second-order valence-corrected chi connectivity index (χ2v) is 8.94. The second kappa shape index (κ2) is 8.21. The van der Waals surface area contributed by atoms with Crippen molar-refractivity contribution in [2.24, 2.45) is 0 Å². The topological polar surface area (TPSA) is 103 Å². The van der Waals surface area contributed by atoms with E-state index in [1.54, 1.807) is 73.6 Å². The van der Waals surface area contributed by atoms with Crippen LogP contribution in [0.25, 0.3) is 22.1 Å². The van der Waals surface area contributed by atoms with Crippen LogP contribution in [0.5, 0.6) is 0 Å². The van der Waals surface area contributed by atoms with Gasteiger partial charge in [0.1, 0.15) is 11.6 Å². The number of carbonyl (C=O) groups is 1. The molecule has 0 atom stereocenters. The maximum Gasteiger partial charge on any atom is 0.300 e. The first-order valence-electron chi connectivity index (χ1n) is 9.67. The van der Waals surface area contributed by atoms with Crippen LogP contribution in [0.3, 0.4) is 0 Å². The predicted octanol–water partition coefficient (Wildman–Crippen LogP) is 4.16. The molecule has 0 fully saturated rings. The van der Waals surface area contributed by atoms with Gasteiger partial charge in [-0.05, 0) is 29.8 Å². The van der Waals surface area contributed by atoms with Crippen LogP contribution < -0.4 is 9.62 Å². The van der Waals surface area contributed by atoms with Gasteiger partial charge in [-0.3, -0.25) is 4.79 Å². The van der Waals surface area contributed by atoms with Crippen molar-refractivity contribution in [1.29, 1.82) is 5.26 Å². The molecule has 0 aliphatic rings. The van der Waals surface area contributed by atoms with E-state index in [0.717, 1.165) is 0 Å². The summed E-state index contributed by atoms with van der Waals surface area (Å²) in [5.74, 6) is -1.12. The van der Waals surface area contributed by atoms with Crippen molar-refractivity contribution in [3.8, 4) is 17.2 Å². The van der Waals surface area contributed by atoms with Gasteiger partial charge >= 0.3 is 5.91 Å². The number of nitrogens with one attached hydrogen (secondary N) is 1. The van der Waals surface area contributed by atoms with Crippen molar-refractivity contribution in [2.45, 2.75) is 4.90 Å². The molecule has 0 aliphatic carbocycles. The molecule has 0 radical (unpaired) electrons. The molecule has 0 saturated carbocycles. The molecule has 0 spiro atoms. The summed E-state index contributed by atoms with van der Waals surface area (Å²) in [7, 11) is -0.620. The summed E-state index contributed by atoms with van der Waals surface area (Å²) in [6.07, 6.45) is 0. The van der Waals surface area contributed by atoms with Gasteiger partial charge in [-0.15, -0.1) is 0 Å².